The molecule has 1 saturated heterocycles. The molecular formula is C18H22N2O4. The van der Waals surface area contributed by atoms with Gasteiger partial charge in [0.15, 0.2) is 0 Å². The van der Waals surface area contributed by atoms with Gasteiger partial charge in [0.1, 0.15) is 0 Å². The van der Waals surface area contributed by atoms with Crippen molar-refractivity contribution in [2.75, 3.05) is 13.1 Å². The number of aliphatic carboxylic acids is 1. The van der Waals surface area contributed by atoms with E-state index in [4.69, 9.17) is 4.74 Å². The summed E-state index contributed by atoms with van der Waals surface area (Å²) in [6.07, 6.45) is 2.53. The number of nitrogens with zero attached hydrogens (tertiary/aromatic N) is 1. The molecule has 0 unspecified atom stereocenters. The van der Waals surface area contributed by atoms with Crippen LogP contribution in [0.25, 0.3) is 0 Å². The molecule has 0 radical (unpaired) electrons. The molecule has 1 aromatic carbocycles. The van der Waals surface area contributed by atoms with Gasteiger partial charge < -0.3 is 20.1 Å². The summed E-state index contributed by atoms with van der Waals surface area (Å²) in [5.41, 5.74) is 2.71. The maximum Gasteiger partial charge on any atom is 0.317 e. The summed E-state index contributed by atoms with van der Waals surface area (Å²) in [5.74, 6) is -0.656. The average molecular weight is 330 g/mol. The number of nitrogens with one attached hydrogen (secondary N) is 1. The van der Waals surface area contributed by atoms with Gasteiger partial charge in [-0.15, -0.1) is 0 Å². The fourth-order valence-corrected chi connectivity index (χ4v) is 4.42. The zero-order chi connectivity index (χ0) is 16.7. The van der Waals surface area contributed by atoms with Crippen molar-refractivity contribution < 1.29 is 19.4 Å². The fourth-order valence-electron chi connectivity index (χ4n) is 4.42. The number of amides is 2. The highest BCUT2D eigenvalue weighted by atomic mass is 16.5. The van der Waals surface area contributed by atoms with Crippen LogP contribution in [0.4, 0.5) is 4.79 Å². The zero-order valence-corrected chi connectivity index (χ0v) is 13.6. The van der Waals surface area contributed by atoms with E-state index < -0.39 is 11.4 Å². The van der Waals surface area contributed by atoms with E-state index in [1.165, 1.54) is 11.1 Å². The summed E-state index contributed by atoms with van der Waals surface area (Å²) in [6.45, 7) is 2.63. The Bertz CT molecular complexity index is 690. The molecule has 128 valence electrons. The standard InChI is InChI=1S/C18H22N2O4/c21-16(22)18-5-1-2-15(18)8-20(11-18)17(23)19-7-12-3-4-13-9-24-10-14(13)6-12/h3-4,6,15H,1-2,5,7-11H2,(H,19,23)(H,21,22)/t15-,18+/m0/s1. The summed E-state index contributed by atoms with van der Waals surface area (Å²) in [5, 5.41) is 12.5. The summed E-state index contributed by atoms with van der Waals surface area (Å²) < 4.78 is 5.40. The molecule has 6 nitrogen and oxygen atoms in total. The van der Waals surface area contributed by atoms with Gasteiger partial charge in [-0.2, -0.15) is 0 Å². The lowest BCUT2D eigenvalue weighted by molar-refractivity contribution is -0.149. The molecule has 1 saturated carbocycles. The number of likely N-dealkylation sites (tertiary alicyclic amines) is 1. The Morgan fingerprint density at radius 2 is 2.17 bits per heavy atom. The smallest absolute Gasteiger partial charge is 0.317 e. The summed E-state index contributed by atoms with van der Waals surface area (Å²) in [4.78, 5) is 25.8. The minimum atomic E-state index is -0.751. The summed E-state index contributed by atoms with van der Waals surface area (Å²) in [6, 6.07) is 5.95. The van der Waals surface area contributed by atoms with Crippen molar-refractivity contribution in [1.82, 2.24) is 10.2 Å². The lowest BCUT2D eigenvalue weighted by atomic mass is 9.81. The third kappa shape index (κ3) is 2.45. The van der Waals surface area contributed by atoms with Crippen LogP contribution in [0.3, 0.4) is 0 Å². The van der Waals surface area contributed by atoms with Crippen molar-refractivity contribution in [3.05, 3.63) is 34.9 Å². The number of fused-ring (bicyclic) bond motifs is 2. The van der Waals surface area contributed by atoms with Crippen molar-refractivity contribution in [3.63, 3.8) is 0 Å². The highest BCUT2D eigenvalue weighted by molar-refractivity contribution is 5.80. The van der Waals surface area contributed by atoms with Gasteiger partial charge in [-0.25, -0.2) is 4.79 Å². The second-order valence-electron chi connectivity index (χ2n) is 7.19. The van der Waals surface area contributed by atoms with E-state index >= 15 is 0 Å². The molecule has 3 aliphatic rings. The highest BCUT2D eigenvalue weighted by Crippen LogP contribution is 2.48. The van der Waals surface area contributed by atoms with Crippen LogP contribution in [0.5, 0.6) is 0 Å². The molecule has 24 heavy (non-hydrogen) atoms. The molecule has 0 spiro atoms. The van der Waals surface area contributed by atoms with E-state index in [0.717, 1.165) is 18.4 Å². The molecule has 2 fully saturated rings. The third-order valence-corrected chi connectivity index (χ3v) is 5.81. The van der Waals surface area contributed by atoms with Crippen LogP contribution in [0.15, 0.2) is 18.2 Å². The summed E-state index contributed by atoms with van der Waals surface area (Å²) >= 11 is 0. The second-order valence-corrected chi connectivity index (χ2v) is 7.19. The molecule has 2 heterocycles. The van der Waals surface area contributed by atoms with Crippen LogP contribution in [-0.4, -0.2) is 35.1 Å². The van der Waals surface area contributed by atoms with Crippen LogP contribution in [0, 0.1) is 11.3 Å². The number of carbonyl (C=O) groups excluding carboxylic acids is 1. The Balaban J connectivity index is 1.38. The normalized spacial score (nSPS) is 27.8. The number of hydrogen-bond acceptors (Lipinski definition) is 3. The topological polar surface area (TPSA) is 78.9 Å². The van der Waals surface area contributed by atoms with E-state index in [1.807, 2.05) is 12.1 Å². The van der Waals surface area contributed by atoms with Gasteiger partial charge in [-0.3, -0.25) is 4.79 Å². The predicted octanol–water partition coefficient (Wildman–Crippen LogP) is 2.11. The molecule has 0 bridgehead atoms. The van der Waals surface area contributed by atoms with Gasteiger partial charge in [0.05, 0.1) is 18.6 Å². The quantitative estimate of drug-likeness (QED) is 0.890. The number of ether oxygens (including phenoxy) is 1. The van der Waals surface area contributed by atoms with E-state index in [0.29, 0.717) is 39.3 Å². The monoisotopic (exact) mass is 330 g/mol. The van der Waals surface area contributed by atoms with Crippen molar-refractivity contribution in [1.29, 1.82) is 0 Å². The number of rotatable bonds is 3. The number of carboxylic acid groups (broad SMARTS) is 1. The first-order chi connectivity index (χ1) is 11.6. The molecule has 2 atom stereocenters. The Kier molecular flexibility index (Phi) is 3.72. The predicted molar refractivity (Wildman–Crippen MR) is 86.2 cm³/mol. The van der Waals surface area contributed by atoms with Gasteiger partial charge in [0.25, 0.3) is 0 Å². The first-order valence-corrected chi connectivity index (χ1v) is 8.53. The Labute approximate surface area is 140 Å². The highest BCUT2D eigenvalue weighted by Gasteiger charge is 2.55. The number of carboxylic acids is 1. The second kappa shape index (κ2) is 5.77. The lowest BCUT2D eigenvalue weighted by Crippen LogP contribution is -2.41. The SMILES string of the molecule is O=C(NCc1ccc2c(c1)COC2)N1C[C@@H]2CCC[C@@]2(C(=O)O)C1. The van der Waals surface area contributed by atoms with Gasteiger partial charge in [-0.1, -0.05) is 24.6 Å². The maximum atomic E-state index is 12.4. The molecule has 2 aliphatic heterocycles. The van der Waals surface area contributed by atoms with Crippen LogP contribution in [0.2, 0.25) is 0 Å². The van der Waals surface area contributed by atoms with Crippen LogP contribution in [-0.2, 0) is 29.3 Å². The van der Waals surface area contributed by atoms with Gasteiger partial charge in [0.2, 0.25) is 0 Å². The minimum absolute atomic E-state index is 0.0953. The number of carbonyl (C=O) groups is 2. The molecule has 1 aromatic rings. The Morgan fingerprint density at radius 1 is 1.33 bits per heavy atom. The largest absolute Gasteiger partial charge is 0.481 e. The van der Waals surface area contributed by atoms with Crippen LogP contribution < -0.4 is 5.32 Å². The molecule has 2 amide bonds. The fraction of sp³-hybridized carbons (Fsp3) is 0.556. The van der Waals surface area contributed by atoms with Crippen molar-refractivity contribution >= 4 is 12.0 Å². The van der Waals surface area contributed by atoms with Crippen LogP contribution in [0.1, 0.15) is 36.0 Å². The lowest BCUT2D eigenvalue weighted by Gasteiger charge is -2.23. The van der Waals surface area contributed by atoms with Gasteiger partial charge in [-0.05, 0) is 35.4 Å². The molecule has 2 N–H and O–H groups in total. The minimum Gasteiger partial charge on any atom is -0.481 e. The third-order valence-electron chi connectivity index (χ3n) is 5.81. The van der Waals surface area contributed by atoms with E-state index in [2.05, 4.69) is 11.4 Å². The molecule has 1 aliphatic carbocycles. The van der Waals surface area contributed by atoms with Gasteiger partial charge in [0, 0.05) is 19.6 Å². The Hall–Kier alpha value is -2.08. The van der Waals surface area contributed by atoms with Gasteiger partial charge >= 0.3 is 12.0 Å². The van der Waals surface area contributed by atoms with Crippen molar-refractivity contribution in [2.24, 2.45) is 11.3 Å². The molecule has 4 rings (SSSR count). The van der Waals surface area contributed by atoms with E-state index in [1.54, 1.807) is 4.90 Å². The zero-order valence-electron chi connectivity index (χ0n) is 13.6. The van der Waals surface area contributed by atoms with E-state index in [9.17, 15) is 14.7 Å². The van der Waals surface area contributed by atoms with E-state index in [-0.39, 0.29) is 11.9 Å². The van der Waals surface area contributed by atoms with Crippen LogP contribution >= 0.6 is 0 Å². The first kappa shape index (κ1) is 15.4. The van der Waals surface area contributed by atoms with Crippen molar-refractivity contribution in [2.45, 2.75) is 39.0 Å². The summed E-state index contributed by atoms with van der Waals surface area (Å²) in [7, 11) is 0. The number of hydrogen-bond donors (Lipinski definition) is 2. The Morgan fingerprint density at radius 3 is 2.96 bits per heavy atom. The first-order valence-electron chi connectivity index (χ1n) is 8.53. The average Bonchev–Trinajstić information content (AvgIpc) is 3.25. The number of benzene rings is 1. The molecular weight excluding hydrogens is 308 g/mol. The maximum absolute atomic E-state index is 12.4. The van der Waals surface area contributed by atoms with Crippen molar-refractivity contribution in [3.8, 4) is 0 Å². The number of urea groups is 1. The molecule has 6 heteroatoms. The molecule has 0 aromatic heterocycles.